The molecule has 1 nitrogen and oxygen atoms in total. The predicted molar refractivity (Wildman–Crippen MR) is 81.9 cm³/mol. The minimum absolute atomic E-state index is 1.05. The van der Waals surface area contributed by atoms with E-state index in [-0.39, 0.29) is 0 Å². The minimum Gasteiger partial charge on any atom is -0.455 e. The van der Waals surface area contributed by atoms with Gasteiger partial charge in [0.2, 0.25) is 0 Å². The van der Waals surface area contributed by atoms with Crippen LogP contribution in [0.2, 0.25) is 0 Å². The van der Waals surface area contributed by atoms with Crippen LogP contribution in [0.15, 0.2) is 28.7 Å². The molecule has 0 saturated heterocycles. The molecule has 0 spiro atoms. The molecule has 0 aliphatic rings. The van der Waals surface area contributed by atoms with Crippen LogP contribution in [0.5, 0.6) is 0 Å². The summed E-state index contributed by atoms with van der Waals surface area (Å²) in [5, 5.41) is 2.49. The van der Waals surface area contributed by atoms with Gasteiger partial charge in [-0.15, -0.1) is 0 Å². The van der Waals surface area contributed by atoms with E-state index in [9.17, 15) is 0 Å². The summed E-state index contributed by atoms with van der Waals surface area (Å²) in [6.45, 7) is 8.67. The minimum atomic E-state index is 1.05. The molecular weight excluding hydrogens is 232 g/mol. The number of furan rings is 1. The normalized spacial score (nSPS) is 11.6. The Balaban J connectivity index is 2.39. The molecule has 19 heavy (non-hydrogen) atoms. The lowest BCUT2D eigenvalue weighted by molar-refractivity contribution is 0.661. The summed E-state index contributed by atoms with van der Waals surface area (Å²) in [4.78, 5) is 0. The van der Waals surface area contributed by atoms with Gasteiger partial charge >= 0.3 is 0 Å². The van der Waals surface area contributed by atoms with Crippen LogP contribution in [0.4, 0.5) is 0 Å². The molecule has 1 heteroatoms. The van der Waals surface area contributed by atoms with Crippen LogP contribution >= 0.6 is 0 Å². The van der Waals surface area contributed by atoms with Gasteiger partial charge in [-0.05, 0) is 49.4 Å². The lowest BCUT2D eigenvalue weighted by Crippen LogP contribution is -1.88. The van der Waals surface area contributed by atoms with Crippen molar-refractivity contribution in [2.75, 3.05) is 0 Å². The van der Waals surface area contributed by atoms with Crippen molar-refractivity contribution in [1.82, 2.24) is 0 Å². The zero-order valence-corrected chi connectivity index (χ0v) is 12.1. The van der Waals surface area contributed by atoms with Gasteiger partial charge in [-0.3, -0.25) is 0 Å². The van der Waals surface area contributed by atoms with E-state index in [1.807, 2.05) is 0 Å². The Kier molecular flexibility index (Phi) is 2.85. The molecule has 3 rings (SSSR count). The average molecular weight is 252 g/mol. The zero-order valence-electron chi connectivity index (χ0n) is 12.1. The molecule has 0 atom stereocenters. The van der Waals surface area contributed by atoms with Crippen molar-refractivity contribution in [1.29, 1.82) is 0 Å². The molecule has 1 heterocycles. The Labute approximate surface area is 114 Å². The zero-order chi connectivity index (χ0) is 13.6. The molecule has 0 radical (unpaired) electrons. The second kappa shape index (κ2) is 4.41. The summed E-state index contributed by atoms with van der Waals surface area (Å²) in [6, 6.07) is 8.84. The summed E-state index contributed by atoms with van der Waals surface area (Å²) >= 11 is 0. The SMILES string of the molecule is CCCc1ccc2c(oc3c(C)c(C)ccc32)c1C. The Morgan fingerprint density at radius 1 is 0.842 bits per heavy atom. The first-order valence-electron chi connectivity index (χ1n) is 7.04. The molecule has 0 amide bonds. The largest absolute Gasteiger partial charge is 0.455 e. The summed E-state index contributed by atoms with van der Waals surface area (Å²) in [5.74, 6) is 0. The Morgan fingerprint density at radius 2 is 1.47 bits per heavy atom. The van der Waals surface area contributed by atoms with Crippen LogP contribution in [0.1, 0.15) is 35.6 Å². The van der Waals surface area contributed by atoms with Crippen molar-refractivity contribution in [2.24, 2.45) is 0 Å². The van der Waals surface area contributed by atoms with Gasteiger partial charge in [-0.2, -0.15) is 0 Å². The van der Waals surface area contributed by atoms with E-state index in [2.05, 4.69) is 52.0 Å². The number of aryl methyl sites for hydroxylation is 4. The average Bonchev–Trinajstić information content (AvgIpc) is 2.78. The Morgan fingerprint density at radius 3 is 2.16 bits per heavy atom. The molecule has 0 saturated carbocycles. The van der Waals surface area contributed by atoms with Crippen LogP contribution in [0.25, 0.3) is 21.9 Å². The van der Waals surface area contributed by atoms with Gasteiger partial charge in [0, 0.05) is 10.8 Å². The van der Waals surface area contributed by atoms with Crippen LogP contribution < -0.4 is 0 Å². The van der Waals surface area contributed by atoms with Crippen molar-refractivity contribution in [3.8, 4) is 0 Å². The van der Waals surface area contributed by atoms with E-state index in [1.165, 1.54) is 39.4 Å². The molecule has 2 aromatic carbocycles. The highest BCUT2D eigenvalue weighted by Crippen LogP contribution is 2.34. The van der Waals surface area contributed by atoms with E-state index < -0.39 is 0 Å². The number of fused-ring (bicyclic) bond motifs is 3. The molecule has 0 unspecified atom stereocenters. The first-order valence-corrected chi connectivity index (χ1v) is 7.04. The lowest BCUT2D eigenvalue weighted by Gasteiger charge is -2.03. The van der Waals surface area contributed by atoms with Crippen LogP contribution in [0, 0.1) is 20.8 Å². The fraction of sp³-hybridized carbons (Fsp3) is 0.333. The maximum absolute atomic E-state index is 6.18. The number of benzene rings is 2. The highest BCUT2D eigenvalue weighted by molar-refractivity contribution is 6.07. The first-order chi connectivity index (χ1) is 9.13. The van der Waals surface area contributed by atoms with Crippen LogP contribution in [-0.2, 0) is 6.42 Å². The molecule has 0 aliphatic carbocycles. The summed E-state index contributed by atoms with van der Waals surface area (Å²) in [6.07, 6.45) is 2.29. The molecule has 0 fully saturated rings. The standard InChI is InChI=1S/C18H20O/c1-5-6-14-8-10-16-15-9-7-11(2)12(3)17(15)19-18(16)13(14)4/h7-10H,5-6H2,1-4H3. The van der Waals surface area contributed by atoms with Gasteiger partial charge in [0.25, 0.3) is 0 Å². The van der Waals surface area contributed by atoms with E-state index in [4.69, 9.17) is 4.42 Å². The number of rotatable bonds is 2. The van der Waals surface area contributed by atoms with Gasteiger partial charge in [0.15, 0.2) is 0 Å². The molecule has 0 bridgehead atoms. The third-order valence-corrected chi connectivity index (χ3v) is 4.21. The van der Waals surface area contributed by atoms with E-state index in [1.54, 1.807) is 0 Å². The highest BCUT2D eigenvalue weighted by atomic mass is 16.3. The van der Waals surface area contributed by atoms with Gasteiger partial charge < -0.3 is 4.42 Å². The van der Waals surface area contributed by atoms with Crippen molar-refractivity contribution < 1.29 is 4.42 Å². The summed E-state index contributed by atoms with van der Waals surface area (Å²) in [5.41, 5.74) is 7.36. The van der Waals surface area contributed by atoms with Crippen molar-refractivity contribution in [3.05, 3.63) is 46.5 Å². The van der Waals surface area contributed by atoms with E-state index in [0.717, 1.165) is 17.6 Å². The van der Waals surface area contributed by atoms with Gasteiger partial charge in [0.1, 0.15) is 11.2 Å². The van der Waals surface area contributed by atoms with E-state index >= 15 is 0 Å². The smallest absolute Gasteiger partial charge is 0.138 e. The molecule has 0 N–H and O–H groups in total. The third kappa shape index (κ3) is 1.76. The van der Waals surface area contributed by atoms with Crippen molar-refractivity contribution in [3.63, 3.8) is 0 Å². The molecular formula is C18H20O. The second-order valence-electron chi connectivity index (χ2n) is 5.46. The van der Waals surface area contributed by atoms with Crippen molar-refractivity contribution >= 4 is 21.9 Å². The predicted octanol–water partition coefficient (Wildman–Crippen LogP) is 5.46. The summed E-state index contributed by atoms with van der Waals surface area (Å²) in [7, 11) is 0. The number of hydrogen-bond donors (Lipinski definition) is 0. The second-order valence-corrected chi connectivity index (χ2v) is 5.46. The summed E-state index contributed by atoms with van der Waals surface area (Å²) < 4.78 is 6.18. The van der Waals surface area contributed by atoms with E-state index in [0.29, 0.717) is 0 Å². The maximum atomic E-state index is 6.18. The molecule has 1 aromatic heterocycles. The number of hydrogen-bond acceptors (Lipinski definition) is 1. The first kappa shape index (κ1) is 12.3. The topological polar surface area (TPSA) is 13.1 Å². The van der Waals surface area contributed by atoms with Crippen molar-refractivity contribution in [2.45, 2.75) is 40.5 Å². The van der Waals surface area contributed by atoms with Gasteiger partial charge in [-0.25, -0.2) is 0 Å². The fourth-order valence-electron chi connectivity index (χ4n) is 2.85. The molecule has 98 valence electrons. The highest BCUT2D eigenvalue weighted by Gasteiger charge is 2.13. The van der Waals surface area contributed by atoms with Crippen LogP contribution in [-0.4, -0.2) is 0 Å². The Bertz CT molecular complexity index is 762. The Hall–Kier alpha value is -1.76. The third-order valence-electron chi connectivity index (χ3n) is 4.21. The maximum Gasteiger partial charge on any atom is 0.138 e. The van der Waals surface area contributed by atoms with Gasteiger partial charge in [-0.1, -0.05) is 37.6 Å². The molecule has 3 aromatic rings. The fourth-order valence-corrected chi connectivity index (χ4v) is 2.85. The lowest BCUT2D eigenvalue weighted by atomic mass is 10.00. The molecule has 0 aliphatic heterocycles. The monoisotopic (exact) mass is 252 g/mol. The van der Waals surface area contributed by atoms with Crippen LogP contribution in [0.3, 0.4) is 0 Å². The quantitative estimate of drug-likeness (QED) is 0.590. The van der Waals surface area contributed by atoms with Gasteiger partial charge in [0.05, 0.1) is 0 Å².